The van der Waals surface area contributed by atoms with Gasteiger partial charge in [-0.15, -0.1) is 0 Å². The lowest BCUT2D eigenvalue weighted by Gasteiger charge is -2.20. The first kappa shape index (κ1) is 12.9. The van der Waals surface area contributed by atoms with E-state index in [4.69, 9.17) is 5.73 Å². The lowest BCUT2D eigenvalue weighted by atomic mass is 9.99. The van der Waals surface area contributed by atoms with Crippen LogP contribution in [0.5, 0.6) is 0 Å². The number of nitrogens with zero attached hydrogens (tertiary/aromatic N) is 1. The summed E-state index contributed by atoms with van der Waals surface area (Å²) in [6, 6.07) is 3.12. The van der Waals surface area contributed by atoms with Gasteiger partial charge < -0.3 is 5.73 Å². The summed E-state index contributed by atoms with van der Waals surface area (Å²) in [5, 5.41) is 0. The van der Waals surface area contributed by atoms with Crippen molar-refractivity contribution in [1.82, 2.24) is 4.90 Å². The Bertz CT molecular complexity index is 425. The molecule has 0 saturated carbocycles. The zero-order valence-corrected chi connectivity index (χ0v) is 11.2. The van der Waals surface area contributed by atoms with Crippen molar-refractivity contribution in [2.75, 3.05) is 20.1 Å². The van der Waals surface area contributed by atoms with E-state index in [1.54, 1.807) is 12.1 Å². The van der Waals surface area contributed by atoms with Gasteiger partial charge in [-0.2, -0.15) is 0 Å². The van der Waals surface area contributed by atoms with Gasteiger partial charge in [0.2, 0.25) is 0 Å². The van der Waals surface area contributed by atoms with Gasteiger partial charge in [0.1, 0.15) is 0 Å². The van der Waals surface area contributed by atoms with Gasteiger partial charge in [0.05, 0.1) is 4.47 Å². The Morgan fingerprint density at radius 2 is 2.12 bits per heavy atom. The summed E-state index contributed by atoms with van der Waals surface area (Å²) in [5.41, 5.74) is 6.05. The van der Waals surface area contributed by atoms with Gasteiger partial charge in [0.25, 0.3) is 0 Å². The highest BCUT2D eigenvalue weighted by atomic mass is 79.9. The average Bonchev–Trinajstić information content (AvgIpc) is 2.68. The van der Waals surface area contributed by atoms with Crippen molar-refractivity contribution in [2.45, 2.75) is 12.5 Å². The zero-order valence-electron chi connectivity index (χ0n) is 9.59. The average molecular weight is 305 g/mol. The van der Waals surface area contributed by atoms with E-state index in [1.807, 2.05) is 11.9 Å². The minimum absolute atomic E-state index is 0.0776. The van der Waals surface area contributed by atoms with E-state index in [2.05, 4.69) is 15.9 Å². The Morgan fingerprint density at radius 3 is 2.71 bits per heavy atom. The summed E-state index contributed by atoms with van der Waals surface area (Å²) in [4.78, 5) is 2.03. The Kier molecular flexibility index (Phi) is 3.80. The first-order valence-electron chi connectivity index (χ1n) is 5.58. The highest BCUT2D eigenvalue weighted by molar-refractivity contribution is 9.10. The number of likely N-dealkylation sites (tertiary alicyclic amines) is 1. The largest absolute Gasteiger partial charge is 0.330 e. The third-order valence-electron chi connectivity index (χ3n) is 3.39. The summed E-state index contributed by atoms with van der Waals surface area (Å²) in [6.45, 7) is 1.42. The minimum Gasteiger partial charge on any atom is -0.330 e. The maximum Gasteiger partial charge on any atom is 0.173 e. The van der Waals surface area contributed by atoms with Gasteiger partial charge in [-0.3, -0.25) is 4.90 Å². The van der Waals surface area contributed by atoms with Crippen LogP contribution in [0.3, 0.4) is 0 Å². The van der Waals surface area contributed by atoms with Gasteiger partial charge in [-0.25, -0.2) is 8.78 Å². The second-order valence-electron chi connectivity index (χ2n) is 4.56. The Hall–Kier alpha value is -0.520. The van der Waals surface area contributed by atoms with Crippen molar-refractivity contribution < 1.29 is 8.78 Å². The summed E-state index contributed by atoms with van der Waals surface area (Å²) in [5.74, 6) is -1.21. The number of hydrogen-bond acceptors (Lipinski definition) is 2. The van der Waals surface area contributed by atoms with Crippen molar-refractivity contribution in [3.05, 3.63) is 33.8 Å². The molecule has 17 heavy (non-hydrogen) atoms. The summed E-state index contributed by atoms with van der Waals surface area (Å²) >= 11 is 2.98. The fourth-order valence-corrected chi connectivity index (χ4v) is 2.74. The molecule has 1 aromatic carbocycles. The zero-order chi connectivity index (χ0) is 12.6. The second-order valence-corrected chi connectivity index (χ2v) is 5.41. The maximum atomic E-state index is 13.9. The molecule has 2 atom stereocenters. The van der Waals surface area contributed by atoms with Gasteiger partial charge in [-0.1, -0.05) is 6.07 Å². The number of benzene rings is 1. The van der Waals surface area contributed by atoms with Gasteiger partial charge in [0.15, 0.2) is 11.6 Å². The molecule has 2 unspecified atom stereocenters. The van der Waals surface area contributed by atoms with Crippen molar-refractivity contribution >= 4 is 15.9 Å². The fraction of sp³-hybridized carbons (Fsp3) is 0.500. The van der Waals surface area contributed by atoms with E-state index in [0.717, 1.165) is 13.0 Å². The van der Waals surface area contributed by atoms with Crippen LogP contribution in [0.15, 0.2) is 16.6 Å². The molecule has 1 heterocycles. The molecule has 0 aromatic heterocycles. The van der Waals surface area contributed by atoms with Crippen LogP contribution in [0.2, 0.25) is 0 Å². The first-order chi connectivity index (χ1) is 8.04. The smallest absolute Gasteiger partial charge is 0.173 e. The van der Waals surface area contributed by atoms with Crippen LogP contribution >= 0.6 is 15.9 Å². The predicted octanol–water partition coefficient (Wildman–Crippen LogP) is 2.68. The molecule has 0 radical (unpaired) electrons. The molecule has 1 saturated heterocycles. The minimum atomic E-state index is -0.813. The molecule has 1 aromatic rings. The Morgan fingerprint density at radius 1 is 1.41 bits per heavy atom. The van der Waals surface area contributed by atoms with Crippen LogP contribution in [-0.4, -0.2) is 25.0 Å². The third kappa shape index (κ3) is 2.37. The predicted molar refractivity (Wildman–Crippen MR) is 66.6 cm³/mol. The normalized spacial score (nSPS) is 25.5. The van der Waals surface area contributed by atoms with Crippen molar-refractivity contribution in [2.24, 2.45) is 11.7 Å². The molecule has 2 N–H and O–H groups in total. The van der Waals surface area contributed by atoms with Crippen LogP contribution < -0.4 is 5.73 Å². The molecule has 0 aliphatic carbocycles. The summed E-state index contributed by atoms with van der Waals surface area (Å²) in [6.07, 6.45) is 0.783. The van der Waals surface area contributed by atoms with E-state index < -0.39 is 11.6 Å². The number of rotatable bonds is 2. The molecule has 1 aliphatic heterocycles. The second kappa shape index (κ2) is 5.00. The lowest BCUT2D eigenvalue weighted by molar-refractivity contribution is 0.303. The standard InChI is InChI=1S/C12H15BrF2N2/c1-17-6-7(5-16)4-10(17)8-2-3-9(13)12(15)11(8)14/h2-3,7,10H,4-6,16H2,1H3. The van der Waals surface area contributed by atoms with Crippen molar-refractivity contribution in [1.29, 1.82) is 0 Å². The van der Waals surface area contributed by atoms with E-state index in [1.165, 1.54) is 0 Å². The highest BCUT2D eigenvalue weighted by Gasteiger charge is 2.32. The Balaban J connectivity index is 2.32. The number of hydrogen-bond donors (Lipinski definition) is 1. The van der Waals surface area contributed by atoms with Gasteiger partial charge in [-0.05, 0) is 47.9 Å². The highest BCUT2D eigenvalue weighted by Crippen LogP contribution is 2.36. The number of halogens is 3. The molecule has 1 aliphatic rings. The molecule has 0 spiro atoms. The van der Waals surface area contributed by atoms with Crippen LogP contribution in [0.4, 0.5) is 8.78 Å². The quantitative estimate of drug-likeness (QED) is 0.851. The maximum absolute atomic E-state index is 13.9. The topological polar surface area (TPSA) is 29.3 Å². The molecule has 0 amide bonds. The first-order valence-corrected chi connectivity index (χ1v) is 6.37. The molecule has 1 fully saturated rings. The molecule has 0 bridgehead atoms. The number of nitrogens with two attached hydrogens (primary N) is 1. The van der Waals surface area contributed by atoms with Gasteiger partial charge >= 0.3 is 0 Å². The van der Waals surface area contributed by atoms with Crippen LogP contribution in [-0.2, 0) is 0 Å². The van der Waals surface area contributed by atoms with E-state index in [0.29, 0.717) is 18.0 Å². The van der Waals surface area contributed by atoms with E-state index >= 15 is 0 Å². The molecule has 94 valence electrons. The van der Waals surface area contributed by atoms with Crippen LogP contribution in [0.25, 0.3) is 0 Å². The van der Waals surface area contributed by atoms with E-state index in [9.17, 15) is 8.78 Å². The molecule has 2 rings (SSSR count). The third-order valence-corrected chi connectivity index (χ3v) is 4.00. The van der Waals surface area contributed by atoms with Crippen LogP contribution in [0, 0.1) is 17.6 Å². The van der Waals surface area contributed by atoms with Crippen molar-refractivity contribution in [3.8, 4) is 0 Å². The summed E-state index contributed by atoms with van der Waals surface area (Å²) < 4.78 is 27.5. The van der Waals surface area contributed by atoms with E-state index in [-0.39, 0.29) is 10.5 Å². The monoisotopic (exact) mass is 304 g/mol. The van der Waals surface area contributed by atoms with Crippen molar-refractivity contribution in [3.63, 3.8) is 0 Å². The molecule has 5 heteroatoms. The molecular formula is C12H15BrF2N2. The lowest BCUT2D eigenvalue weighted by Crippen LogP contribution is -2.21. The summed E-state index contributed by atoms with van der Waals surface area (Å²) in [7, 11) is 1.92. The molecular weight excluding hydrogens is 290 g/mol. The molecule has 2 nitrogen and oxygen atoms in total. The fourth-order valence-electron chi connectivity index (χ4n) is 2.44. The Labute approximate surface area is 108 Å². The van der Waals surface area contributed by atoms with Gasteiger partial charge in [0, 0.05) is 18.2 Å². The SMILES string of the molecule is CN1CC(CN)CC1c1ccc(Br)c(F)c1F. The van der Waals surface area contributed by atoms with Crippen LogP contribution in [0.1, 0.15) is 18.0 Å².